The van der Waals surface area contributed by atoms with Gasteiger partial charge in [0.1, 0.15) is 17.3 Å². The lowest BCUT2D eigenvalue weighted by Crippen LogP contribution is -2.37. The summed E-state index contributed by atoms with van der Waals surface area (Å²) in [6, 6.07) is 8.90. The van der Waals surface area contributed by atoms with Crippen LogP contribution in [0, 0.1) is 34.4 Å². The van der Waals surface area contributed by atoms with Crippen LogP contribution in [0.3, 0.4) is 0 Å². The lowest BCUT2D eigenvalue weighted by Gasteiger charge is -2.32. The van der Waals surface area contributed by atoms with Crippen molar-refractivity contribution < 1.29 is 27.3 Å². The van der Waals surface area contributed by atoms with E-state index in [2.05, 4.69) is 10.2 Å². The highest BCUT2D eigenvalue weighted by molar-refractivity contribution is 7.48. The van der Waals surface area contributed by atoms with Gasteiger partial charge in [0.05, 0.1) is 38.2 Å². The van der Waals surface area contributed by atoms with Gasteiger partial charge in [-0.1, -0.05) is 24.1 Å². The Labute approximate surface area is 207 Å². The highest BCUT2D eigenvalue weighted by Gasteiger charge is 2.30. The Hall–Kier alpha value is -2.95. The third kappa shape index (κ3) is 7.78. The van der Waals surface area contributed by atoms with Crippen LogP contribution in [0.25, 0.3) is 0 Å². The molecule has 0 atom stereocenters. The standard InChI is InChI=1S/C22H24ClFN5O5P/c23-21-13-20(27-28-21)22(30)29(14-16-4-1-5-16)15-17-6-7-18(12-19(17)24)34-35(31,32-10-2-8-25)33-11-3-9-26/h6-7,12-13,16H,1-5,10-11,14-15H2,(H,27,28). The summed E-state index contributed by atoms with van der Waals surface area (Å²) in [5, 5.41) is 23.8. The third-order valence-corrected chi connectivity index (χ3v) is 6.92. The van der Waals surface area contributed by atoms with E-state index >= 15 is 0 Å². The minimum Gasteiger partial charge on any atom is -0.404 e. The number of nitriles is 2. The maximum absolute atomic E-state index is 15.0. The fourth-order valence-corrected chi connectivity index (χ4v) is 4.66. The molecule has 0 saturated heterocycles. The smallest absolute Gasteiger partial charge is 0.404 e. The number of aromatic amines is 1. The van der Waals surface area contributed by atoms with Gasteiger partial charge in [-0.2, -0.15) is 15.6 Å². The zero-order valence-electron chi connectivity index (χ0n) is 18.8. The highest BCUT2D eigenvalue weighted by Crippen LogP contribution is 2.49. The second-order valence-corrected chi connectivity index (χ2v) is 9.84. The SMILES string of the molecule is N#CCCOP(=O)(OCCC#N)Oc1ccc(CN(CC2CCC2)C(=O)c2cc(Cl)n[nH]2)c(F)c1. The predicted molar refractivity (Wildman–Crippen MR) is 123 cm³/mol. The van der Waals surface area contributed by atoms with Gasteiger partial charge in [-0.25, -0.2) is 8.96 Å². The van der Waals surface area contributed by atoms with E-state index in [1.807, 2.05) is 12.1 Å². The Bertz CT molecular complexity index is 1140. The summed E-state index contributed by atoms with van der Waals surface area (Å²) in [6.07, 6.45) is 2.96. The van der Waals surface area contributed by atoms with Crippen LogP contribution >= 0.6 is 19.4 Å². The van der Waals surface area contributed by atoms with Gasteiger partial charge in [0.15, 0.2) is 5.15 Å². The minimum absolute atomic E-state index is 0.00686. The van der Waals surface area contributed by atoms with Crippen LogP contribution in [0.1, 0.15) is 48.2 Å². The Morgan fingerprint density at radius 1 is 1.23 bits per heavy atom. The topological polar surface area (TPSA) is 141 Å². The van der Waals surface area contributed by atoms with Gasteiger partial charge in [0, 0.05) is 30.8 Å². The van der Waals surface area contributed by atoms with E-state index in [0.717, 1.165) is 25.3 Å². The number of phosphoric ester groups is 1. The van der Waals surface area contributed by atoms with Crippen LogP contribution in [0.15, 0.2) is 24.3 Å². The van der Waals surface area contributed by atoms with Gasteiger partial charge in [0.25, 0.3) is 5.91 Å². The lowest BCUT2D eigenvalue weighted by atomic mass is 9.85. The van der Waals surface area contributed by atoms with E-state index < -0.39 is 13.6 Å². The van der Waals surface area contributed by atoms with Crippen LogP contribution in [0.4, 0.5) is 4.39 Å². The van der Waals surface area contributed by atoms with Crippen LogP contribution in [0.2, 0.25) is 5.15 Å². The molecule has 1 aromatic heterocycles. The van der Waals surface area contributed by atoms with Crippen LogP contribution in [0.5, 0.6) is 5.75 Å². The van der Waals surface area contributed by atoms with E-state index in [0.29, 0.717) is 12.5 Å². The van der Waals surface area contributed by atoms with E-state index in [4.69, 9.17) is 35.7 Å². The molecule has 186 valence electrons. The molecule has 10 nitrogen and oxygen atoms in total. The first-order valence-electron chi connectivity index (χ1n) is 10.9. The number of phosphoric acid groups is 1. The number of hydrogen-bond acceptors (Lipinski definition) is 8. The van der Waals surface area contributed by atoms with Crippen molar-refractivity contribution in [2.45, 2.75) is 38.6 Å². The summed E-state index contributed by atoms with van der Waals surface area (Å²) in [6.45, 7) is 0.00240. The fraction of sp³-hybridized carbons (Fsp3) is 0.455. The Morgan fingerprint density at radius 3 is 2.43 bits per heavy atom. The molecule has 0 bridgehead atoms. The molecular weight excluding hydrogens is 500 g/mol. The summed E-state index contributed by atoms with van der Waals surface area (Å²) in [4.78, 5) is 14.5. The van der Waals surface area contributed by atoms with Crippen molar-refractivity contribution in [3.63, 3.8) is 0 Å². The molecule has 0 aliphatic heterocycles. The van der Waals surface area contributed by atoms with Crippen molar-refractivity contribution in [3.05, 3.63) is 46.5 Å². The molecule has 0 spiro atoms. The number of rotatable bonds is 13. The molecule has 35 heavy (non-hydrogen) atoms. The lowest BCUT2D eigenvalue weighted by molar-refractivity contribution is 0.0671. The first kappa shape index (κ1) is 26.7. The Kier molecular flexibility index (Phi) is 9.64. The molecule has 1 saturated carbocycles. The maximum atomic E-state index is 15.0. The predicted octanol–water partition coefficient (Wildman–Crippen LogP) is 4.99. The number of halogens is 2. The van der Waals surface area contributed by atoms with Crippen molar-refractivity contribution in [3.8, 4) is 17.9 Å². The quantitative estimate of drug-likeness (QED) is 0.286. The van der Waals surface area contributed by atoms with Crippen LogP contribution in [-0.4, -0.2) is 40.8 Å². The monoisotopic (exact) mass is 523 g/mol. The zero-order valence-corrected chi connectivity index (χ0v) is 20.4. The first-order valence-corrected chi connectivity index (χ1v) is 12.8. The van der Waals surface area contributed by atoms with Crippen LogP contribution in [-0.2, 0) is 20.2 Å². The number of hydrogen-bond donors (Lipinski definition) is 1. The zero-order chi connectivity index (χ0) is 25.3. The van der Waals surface area contributed by atoms with Gasteiger partial charge >= 0.3 is 7.82 Å². The van der Waals surface area contributed by atoms with Gasteiger partial charge in [-0.15, -0.1) is 0 Å². The fourth-order valence-electron chi connectivity index (χ4n) is 3.33. The molecule has 1 aliphatic rings. The summed E-state index contributed by atoms with van der Waals surface area (Å²) < 4.78 is 43.3. The molecule has 1 N–H and O–H groups in total. The van der Waals surface area contributed by atoms with Gasteiger partial charge in [0.2, 0.25) is 0 Å². The average molecular weight is 524 g/mol. The summed E-state index contributed by atoms with van der Waals surface area (Å²) >= 11 is 5.83. The summed E-state index contributed by atoms with van der Waals surface area (Å²) in [5.41, 5.74) is 0.431. The van der Waals surface area contributed by atoms with E-state index in [1.54, 1.807) is 0 Å². The van der Waals surface area contributed by atoms with E-state index in [9.17, 15) is 13.8 Å². The Morgan fingerprint density at radius 2 is 1.91 bits per heavy atom. The molecule has 3 rings (SSSR count). The van der Waals surface area contributed by atoms with Gasteiger partial charge in [-0.3, -0.25) is 18.9 Å². The normalized spacial score (nSPS) is 13.5. The van der Waals surface area contributed by atoms with Crippen LogP contribution < -0.4 is 4.52 Å². The number of aromatic nitrogens is 2. The number of H-pyrrole nitrogens is 1. The molecule has 1 heterocycles. The molecule has 2 aromatic rings. The molecule has 1 fully saturated rings. The maximum Gasteiger partial charge on any atom is 0.530 e. The molecular formula is C22H24ClFN5O5P. The molecule has 1 aliphatic carbocycles. The van der Waals surface area contributed by atoms with Crippen molar-refractivity contribution in [2.75, 3.05) is 19.8 Å². The highest BCUT2D eigenvalue weighted by atomic mass is 35.5. The molecule has 0 unspecified atom stereocenters. The number of benzene rings is 1. The van der Waals surface area contributed by atoms with Crippen molar-refractivity contribution in [1.29, 1.82) is 10.5 Å². The number of carbonyl (C=O) groups is 1. The van der Waals surface area contributed by atoms with Crippen molar-refractivity contribution >= 4 is 25.3 Å². The van der Waals surface area contributed by atoms with Gasteiger partial charge < -0.3 is 9.42 Å². The first-order chi connectivity index (χ1) is 16.8. The largest absolute Gasteiger partial charge is 0.530 e. The number of amides is 1. The molecule has 1 amide bonds. The molecule has 13 heteroatoms. The van der Waals surface area contributed by atoms with Crippen molar-refractivity contribution in [2.24, 2.45) is 5.92 Å². The number of nitrogens with zero attached hydrogens (tertiary/aromatic N) is 4. The summed E-state index contributed by atoms with van der Waals surface area (Å²) in [5.74, 6) is -0.819. The third-order valence-electron chi connectivity index (χ3n) is 5.30. The second-order valence-electron chi connectivity index (χ2n) is 7.86. The van der Waals surface area contributed by atoms with Crippen molar-refractivity contribution in [1.82, 2.24) is 15.1 Å². The second kappa shape index (κ2) is 12.7. The van der Waals surface area contributed by atoms with E-state index in [-0.39, 0.29) is 60.7 Å². The number of carbonyl (C=O) groups excluding carboxylic acids is 1. The summed E-state index contributed by atoms with van der Waals surface area (Å²) in [7, 11) is -4.19. The average Bonchev–Trinajstić information content (AvgIpc) is 3.23. The number of nitrogens with one attached hydrogen (secondary N) is 1. The Balaban J connectivity index is 1.73. The minimum atomic E-state index is -4.19. The van der Waals surface area contributed by atoms with Gasteiger partial charge in [-0.05, 0) is 24.8 Å². The molecule has 0 radical (unpaired) electrons. The van der Waals surface area contributed by atoms with E-state index in [1.165, 1.54) is 23.1 Å². The molecule has 1 aromatic carbocycles.